The highest BCUT2D eigenvalue weighted by Gasteiger charge is 2.19. The highest BCUT2D eigenvalue weighted by Crippen LogP contribution is 2.23. The van der Waals surface area contributed by atoms with Gasteiger partial charge < -0.3 is 10.1 Å². The second-order valence-corrected chi connectivity index (χ2v) is 6.38. The van der Waals surface area contributed by atoms with E-state index in [1.54, 1.807) is 7.05 Å². The molecule has 0 saturated heterocycles. The second-order valence-electron chi connectivity index (χ2n) is 6.00. The van der Waals surface area contributed by atoms with Gasteiger partial charge in [0.2, 0.25) is 5.88 Å². The number of hydrogen-bond acceptors (Lipinski definition) is 4. The number of nitrogens with one attached hydrogen (secondary N) is 1. The minimum absolute atomic E-state index is 0. The Morgan fingerprint density at radius 2 is 1.77 bits per heavy atom. The van der Waals surface area contributed by atoms with Gasteiger partial charge in [0.05, 0.1) is 0 Å². The van der Waals surface area contributed by atoms with Crippen LogP contribution >= 0.6 is 24.0 Å². The van der Waals surface area contributed by atoms with Crippen molar-refractivity contribution < 1.29 is 22.3 Å². The summed E-state index contributed by atoms with van der Waals surface area (Å²) in [5.41, 5.74) is -1.26. The fourth-order valence-corrected chi connectivity index (χ4v) is 2.81. The maximum absolute atomic E-state index is 14.4. The van der Waals surface area contributed by atoms with Gasteiger partial charge in [-0.05, 0) is 36.9 Å². The predicted molar refractivity (Wildman–Crippen MR) is 105 cm³/mol. The fraction of sp³-hybridized carbons (Fsp3) is 0.158. The van der Waals surface area contributed by atoms with Gasteiger partial charge in [-0.25, -0.2) is 22.5 Å². The standard InChI is InChI=1S/C19H14ClF4N3O2.ClH/c1-25-7-10-4-14(23)17(15(24)5-10)27-9-26-18(16(20)19(27)28)29-8-11-2-3-12(21)6-13(11)22;/h2-6,9,25H,7-8H2,1H3;1H. The van der Waals surface area contributed by atoms with E-state index in [0.29, 0.717) is 16.2 Å². The Balaban J connectivity index is 0.00000320. The van der Waals surface area contributed by atoms with Crippen LogP contribution in [0.15, 0.2) is 41.5 Å². The van der Waals surface area contributed by atoms with E-state index in [1.165, 1.54) is 0 Å². The highest BCUT2D eigenvalue weighted by molar-refractivity contribution is 6.31. The molecule has 5 nitrogen and oxygen atoms in total. The maximum atomic E-state index is 14.4. The Labute approximate surface area is 179 Å². The van der Waals surface area contributed by atoms with Gasteiger partial charge in [0.15, 0.2) is 16.7 Å². The summed E-state index contributed by atoms with van der Waals surface area (Å²) >= 11 is 5.94. The topological polar surface area (TPSA) is 56.1 Å². The van der Waals surface area contributed by atoms with Gasteiger partial charge in [0.1, 0.15) is 30.3 Å². The molecule has 1 aromatic heterocycles. The molecule has 0 saturated carbocycles. The van der Waals surface area contributed by atoms with E-state index in [1.807, 2.05) is 0 Å². The minimum Gasteiger partial charge on any atom is -0.471 e. The van der Waals surface area contributed by atoms with Crippen LogP contribution in [0, 0.1) is 23.3 Å². The quantitative estimate of drug-likeness (QED) is 0.557. The van der Waals surface area contributed by atoms with Gasteiger partial charge in [0.25, 0.3) is 5.56 Å². The lowest BCUT2D eigenvalue weighted by molar-refractivity contribution is 0.286. The van der Waals surface area contributed by atoms with E-state index in [2.05, 4.69) is 10.3 Å². The van der Waals surface area contributed by atoms with Crippen LogP contribution < -0.4 is 15.6 Å². The number of benzene rings is 2. The summed E-state index contributed by atoms with van der Waals surface area (Å²) in [6, 6.07) is 5.04. The first-order chi connectivity index (χ1) is 13.8. The Kier molecular flexibility index (Phi) is 7.83. The number of rotatable bonds is 6. The third kappa shape index (κ3) is 4.92. The van der Waals surface area contributed by atoms with Crippen molar-refractivity contribution in [2.24, 2.45) is 0 Å². The van der Waals surface area contributed by atoms with Crippen molar-refractivity contribution in [3.05, 3.63) is 86.4 Å². The summed E-state index contributed by atoms with van der Waals surface area (Å²) in [6.07, 6.45) is 0.851. The zero-order valence-electron chi connectivity index (χ0n) is 15.4. The number of hydrogen-bond donors (Lipinski definition) is 1. The molecule has 3 aromatic rings. The molecule has 0 bridgehead atoms. The lowest BCUT2D eigenvalue weighted by Crippen LogP contribution is -2.22. The van der Waals surface area contributed by atoms with Crippen molar-refractivity contribution in [2.45, 2.75) is 13.2 Å². The highest BCUT2D eigenvalue weighted by atomic mass is 35.5. The monoisotopic (exact) mass is 463 g/mol. The van der Waals surface area contributed by atoms with Crippen LogP contribution in [-0.2, 0) is 13.2 Å². The van der Waals surface area contributed by atoms with Crippen LogP contribution in [-0.4, -0.2) is 16.6 Å². The number of halogens is 6. The summed E-state index contributed by atoms with van der Waals surface area (Å²) in [6.45, 7) is -0.154. The molecule has 2 aromatic carbocycles. The molecule has 0 radical (unpaired) electrons. The Hall–Kier alpha value is -2.62. The molecule has 3 rings (SSSR count). The van der Waals surface area contributed by atoms with Crippen LogP contribution in [0.2, 0.25) is 5.02 Å². The van der Waals surface area contributed by atoms with Crippen LogP contribution in [0.1, 0.15) is 11.1 Å². The zero-order valence-corrected chi connectivity index (χ0v) is 17.0. The van der Waals surface area contributed by atoms with Gasteiger partial charge in [-0.15, -0.1) is 12.4 Å². The number of aromatic nitrogens is 2. The molecule has 0 aliphatic carbocycles. The first-order valence-electron chi connectivity index (χ1n) is 8.28. The molecule has 0 aliphatic heterocycles. The van der Waals surface area contributed by atoms with E-state index < -0.39 is 39.5 Å². The third-order valence-corrected chi connectivity index (χ3v) is 4.29. The SMILES string of the molecule is CNCc1cc(F)c(-n2cnc(OCc3ccc(F)cc3F)c(Cl)c2=O)c(F)c1.Cl. The summed E-state index contributed by atoms with van der Waals surface area (Å²) in [4.78, 5) is 16.3. The van der Waals surface area contributed by atoms with Crippen molar-refractivity contribution in [1.82, 2.24) is 14.9 Å². The largest absolute Gasteiger partial charge is 0.471 e. The van der Waals surface area contributed by atoms with Crippen molar-refractivity contribution in [3.8, 4) is 11.6 Å². The molecule has 0 spiro atoms. The van der Waals surface area contributed by atoms with Crippen LogP contribution in [0.4, 0.5) is 17.6 Å². The van der Waals surface area contributed by atoms with E-state index in [0.717, 1.165) is 30.6 Å². The van der Waals surface area contributed by atoms with Gasteiger partial charge in [-0.1, -0.05) is 11.6 Å². The molecule has 160 valence electrons. The first kappa shape index (κ1) is 23.7. The molecule has 0 unspecified atom stereocenters. The normalized spacial score (nSPS) is 10.6. The van der Waals surface area contributed by atoms with E-state index in [9.17, 15) is 22.4 Å². The van der Waals surface area contributed by atoms with Gasteiger partial charge in [-0.2, -0.15) is 0 Å². The molecular formula is C19H15Cl2F4N3O2. The predicted octanol–water partition coefficient (Wildman–Crippen LogP) is 4.16. The van der Waals surface area contributed by atoms with Crippen molar-refractivity contribution in [3.63, 3.8) is 0 Å². The second kappa shape index (κ2) is 9.92. The molecule has 1 heterocycles. The van der Waals surface area contributed by atoms with Crippen LogP contribution in [0.5, 0.6) is 5.88 Å². The Morgan fingerprint density at radius 3 is 2.37 bits per heavy atom. The fourth-order valence-electron chi connectivity index (χ4n) is 2.62. The van der Waals surface area contributed by atoms with Crippen molar-refractivity contribution >= 4 is 24.0 Å². The summed E-state index contributed by atoms with van der Waals surface area (Å²) in [5.74, 6) is -3.91. The van der Waals surface area contributed by atoms with Crippen LogP contribution in [0.25, 0.3) is 5.69 Å². The lowest BCUT2D eigenvalue weighted by atomic mass is 10.2. The molecule has 0 aliphatic rings. The minimum atomic E-state index is -0.976. The summed E-state index contributed by atoms with van der Waals surface area (Å²) in [7, 11) is 1.62. The third-order valence-electron chi connectivity index (χ3n) is 3.96. The molecular weight excluding hydrogens is 449 g/mol. The molecule has 1 N–H and O–H groups in total. The van der Waals surface area contributed by atoms with E-state index in [-0.39, 0.29) is 37.0 Å². The Bertz CT molecular complexity index is 1100. The first-order valence-corrected chi connectivity index (χ1v) is 8.66. The molecule has 11 heteroatoms. The van der Waals surface area contributed by atoms with Gasteiger partial charge >= 0.3 is 0 Å². The molecule has 0 atom stereocenters. The van der Waals surface area contributed by atoms with E-state index >= 15 is 0 Å². The summed E-state index contributed by atoms with van der Waals surface area (Å²) in [5, 5.41) is 2.21. The average Bonchev–Trinajstić information content (AvgIpc) is 2.65. The number of ether oxygens (including phenoxy) is 1. The molecule has 0 amide bonds. The van der Waals surface area contributed by atoms with E-state index in [4.69, 9.17) is 16.3 Å². The summed E-state index contributed by atoms with van der Waals surface area (Å²) < 4.78 is 61.2. The molecule has 30 heavy (non-hydrogen) atoms. The van der Waals surface area contributed by atoms with Crippen molar-refractivity contribution in [2.75, 3.05) is 7.05 Å². The lowest BCUT2D eigenvalue weighted by Gasteiger charge is -2.12. The maximum Gasteiger partial charge on any atom is 0.280 e. The smallest absolute Gasteiger partial charge is 0.280 e. The van der Waals surface area contributed by atoms with Crippen LogP contribution in [0.3, 0.4) is 0 Å². The Morgan fingerprint density at radius 1 is 1.10 bits per heavy atom. The van der Waals surface area contributed by atoms with Gasteiger partial charge in [0, 0.05) is 18.2 Å². The average molecular weight is 464 g/mol. The van der Waals surface area contributed by atoms with Crippen molar-refractivity contribution in [1.29, 1.82) is 0 Å². The van der Waals surface area contributed by atoms with Gasteiger partial charge in [-0.3, -0.25) is 9.36 Å². The molecule has 0 fully saturated rings. The zero-order chi connectivity index (χ0) is 21.1. The number of nitrogens with zero attached hydrogens (tertiary/aromatic N) is 2.